The average molecular weight is 249 g/mol. The lowest BCUT2D eigenvalue weighted by molar-refractivity contribution is -0.146. The van der Waals surface area contributed by atoms with Gasteiger partial charge in [-0.05, 0) is 38.0 Å². The molecule has 5 nitrogen and oxygen atoms in total. The van der Waals surface area contributed by atoms with Crippen LogP contribution in [0, 0.1) is 6.92 Å². The van der Waals surface area contributed by atoms with Gasteiger partial charge in [0.25, 0.3) is 0 Å². The number of hydrogen-bond donors (Lipinski definition) is 1. The first kappa shape index (κ1) is 12.4. The fraction of sp³-hybridized carbons (Fsp3) is 0.385. The van der Waals surface area contributed by atoms with Crippen molar-refractivity contribution in [3.8, 4) is 0 Å². The molecule has 0 bridgehead atoms. The van der Waals surface area contributed by atoms with Crippen molar-refractivity contribution in [2.24, 2.45) is 0 Å². The molecule has 1 N–H and O–H groups in total. The molecular formula is C13H15NO4. The molecule has 0 spiro atoms. The molecule has 1 atom stereocenters. The number of carboxylic acids is 1. The number of aliphatic carboxylic acids is 1. The Balaban J connectivity index is 2.03. The first-order valence-corrected chi connectivity index (χ1v) is 5.86. The van der Waals surface area contributed by atoms with E-state index in [9.17, 15) is 9.59 Å². The molecule has 1 saturated heterocycles. The van der Waals surface area contributed by atoms with E-state index in [1.807, 2.05) is 6.92 Å². The summed E-state index contributed by atoms with van der Waals surface area (Å²) in [5.74, 6) is 0.135. The molecule has 0 saturated carbocycles. The van der Waals surface area contributed by atoms with Crippen LogP contribution in [0.5, 0.6) is 0 Å². The maximum Gasteiger partial charge on any atom is 0.326 e. The van der Waals surface area contributed by atoms with E-state index < -0.39 is 12.0 Å². The number of nitrogens with zero attached hydrogens (tertiary/aromatic N) is 1. The number of hydrogen-bond acceptors (Lipinski definition) is 3. The van der Waals surface area contributed by atoms with Crippen molar-refractivity contribution < 1.29 is 19.1 Å². The highest BCUT2D eigenvalue weighted by molar-refractivity contribution is 5.94. The zero-order valence-corrected chi connectivity index (χ0v) is 10.1. The SMILES string of the molecule is Cc1ccc(/C=C/C(=O)N2CCC[C@H]2C(=O)O)o1. The Hall–Kier alpha value is -2.04. The van der Waals surface area contributed by atoms with Crippen LogP contribution in [0.4, 0.5) is 0 Å². The zero-order valence-electron chi connectivity index (χ0n) is 10.1. The Kier molecular flexibility index (Phi) is 3.50. The lowest BCUT2D eigenvalue weighted by Gasteiger charge is -2.19. The molecule has 2 heterocycles. The summed E-state index contributed by atoms with van der Waals surface area (Å²) in [5, 5.41) is 8.98. The number of carboxylic acid groups (broad SMARTS) is 1. The van der Waals surface area contributed by atoms with Gasteiger partial charge in [-0.1, -0.05) is 0 Å². The van der Waals surface area contributed by atoms with Gasteiger partial charge in [-0.25, -0.2) is 4.79 Å². The monoisotopic (exact) mass is 249 g/mol. The number of likely N-dealkylation sites (tertiary alicyclic amines) is 1. The standard InChI is InChI=1S/C13H15NO4/c1-9-4-5-10(18-9)6-7-12(15)14-8-2-3-11(14)13(16)17/h4-7,11H,2-3,8H2,1H3,(H,16,17)/b7-6+/t11-/m0/s1. The van der Waals surface area contributed by atoms with Crippen molar-refractivity contribution in [2.45, 2.75) is 25.8 Å². The second-order valence-corrected chi connectivity index (χ2v) is 4.31. The number of carbonyl (C=O) groups is 2. The van der Waals surface area contributed by atoms with Crippen LogP contribution in [0.15, 0.2) is 22.6 Å². The molecule has 0 aromatic carbocycles. The molecule has 1 aromatic heterocycles. The van der Waals surface area contributed by atoms with Crippen molar-refractivity contribution in [1.29, 1.82) is 0 Å². The highest BCUT2D eigenvalue weighted by Gasteiger charge is 2.32. The molecule has 1 amide bonds. The van der Waals surface area contributed by atoms with E-state index in [-0.39, 0.29) is 5.91 Å². The fourth-order valence-electron chi connectivity index (χ4n) is 2.08. The van der Waals surface area contributed by atoms with Gasteiger partial charge in [0.2, 0.25) is 5.91 Å². The molecule has 5 heteroatoms. The molecular weight excluding hydrogens is 234 g/mol. The molecule has 0 unspecified atom stereocenters. The second-order valence-electron chi connectivity index (χ2n) is 4.31. The van der Waals surface area contributed by atoms with Gasteiger partial charge in [0.15, 0.2) is 0 Å². The number of carbonyl (C=O) groups excluding carboxylic acids is 1. The molecule has 0 aliphatic carbocycles. The lowest BCUT2D eigenvalue weighted by Crippen LogP contribution is -2.39. The van der Waals surface area contributed by atoms with Crippen molar-refractivity contribution in [3.05, 3.63) is 29.7 Å². The quantitative estimate of drug-likeness (QED) is 0.827. The predicted octanol–water partition coefficient (Wildman–Crippen LogP) is 1.68. The highest BCUT2D eigenvalue weighted by Crippen LogP contribution is 2.18. The normalized spacial score (nSPS) is 19.6. The zero-order chi connectivity index (χ0) is 13.1. The third-order valence-corrected chi connectivity index (χ3v) is 2.97. The van der Waals surface area contributed by atoms with Gasteiger partial charge in [-0.2, -0.15) is 0 Å². The third-order valence-electron chi connectivity index (χ3n) is 2.97. The smallest absolute Gasteiger partial charge is 0.326 e. The number of rotatable bonds is 3. The van der Waals surface area contributed by atoms with Gasteiger partial charge in [-0.15, -0.1) is 0 Å². The minimum absolute atomic E-state index is 0.283. The second kappa shape index (κ2) is 5.08. The van der Waals surface area contributed by atoms with Gasteiger partial charge in [0, 0.05) is 12.6 Å². The van der Waals surface area contributed by atoms with E-state index in [1.54, 1.807) is 18.2 Å². The van der Waals surface area contributed by atoms with E-state index >= 15 is 0 Å². The summed E-state index contributed by atoms with van der Waals surface area (Å²) < 4.78 is 5.30. The number of aryl methyl sites for hydroxylation is 1. The summed E-state index contributed by atoms with van der Waals surface area (Å²) >= 11 is 0. The van der Waals surface area contributed by atoms with Crippen molar-refractivity contribution in [1.82, 2.24) is 4.90 Å². The Bertz CT molecular complexity index is 489. The minimum atomic E-state index is -0.942. The summed E-state index contributed by atoms with van der Waals surface area (Å²) in [5.41, 5.74) is 0. The maximum absolute atomic E-state index is 11.9. The number of amides is 1. The maximum atomic E-state index is 11.9. The fourth-order valence-corrected chi connectivity index (χ4v) is 2.08. The number of furan rings is 1. The van der Waals surface area contributed by atoms with Gasteiger partial charge >= 0.3 is 5.97 Å². The van der Waals surface area contributed by atoms with Crippen LogP contribution in [0.3, 0.4) is 0 Å². The molecule has 1 fully saturated rings. The van der Waals surface area contributed by atoms with Crippen LogP contribution < -0.4 is 0 Å². The Morgan fingerprint density at radius 3 is 2.89 bits per heavy atom. The molecule has 2 rings (SSSR count). The summed E-state index contributed by atoms with van der Waals surface area (Å²) in [6.45, 7) is 2.32. The van der Waals surface area contributed by atoms with Gasteiger partial charge in [0.1, 0.15) is 17.6 Å². The van der Waals surface area contributed by atoms with Crippen LogP contribution in [0.2, 0.25) is 0 Å². The van der Waals surface area contributed by atoms with Crippen LogP contribution in [0.25, 0.3) is 6.08 Å². The van der Waals surface area contributed by atoms with Crippen LogP contribution >= 0.6 is 0 Å². The Morgan fingerprint density at radius 2 is 2.28 bits per heavy atom. The van der Waals surface area contributed by atoms with Crippen LogP contribution in [-0.4, -0.2) is 34.5 Å². The third kappa shape index (κ3) is 2.61. The predicted molar refractivity (Wildman–Crippen MR) is 64.8 cm³/mol. The van der Waals surface area contributed by atoms with E-state index in [1.165, 1.54) is 11.0 Å². The van der Waals surface area contributed by atoms with E-state index in [0.717, 1.165) is 12.2 Å². The Morgan fingerprint density at radius 1 is 1.50 bits per heavy atom. The van der Waals surface area contributed by atoms with E-state index in [0.29, 0.717) is 18.7 Å². The van der Waals surface area contributed by atoms with E-state index in [2.05, 4.69) is 0 Å². The van der Waals surface area contributed by atoms with Crippen molar-refractivity contribution >= 4 is 18.0 Å². The van der Waals surface area contributed by atoms with Gasteiger partial charge in [-0.3, -0.25) is 4.79 Å². The molecule has 96 valence electrons. The van der Waals surface area contributed by atoms with Gasteiger partial charge < -0.3 is 14.4 Å². The topological polar surface area (TPSA) is 70.8 Å². The summed E-state index contributed by atoms with van der Waals surface area (Å²) in [7, 11) is 0. The van der Waals surface area contributed by atoms with E-state index in [4.69, 9.17) is 9.52 Å². The molecule has 18 heavy (non-hydrogen) atoms. The molecule has 1 aliphatic rings. The van der Waals surface area contributed by atoms with Crippen molar-refractivity contribution in [3.63, 3.8) is 0 Å². The van der Waals surface area contributed by atoms with Gasteiger partial charge in [0.05, 0.1) is 0 Å². The molecule has 1 aromatic rings. The highest BCUT2D eigenvalue weighted by atomic mass is 16.4. The van der Waals surface area contributed by atoms with Crippen LogP contribution in [-0.2, 0) is 9.59 Å². The first-order valence-electron chi connectivity index (χ1n) is 5.86. The first-order chi connectivity index (χ1) is 8.58. The molecule has 0 radical (unpaired) electrons. The summed E-state index contributed by atoms with van der Waals surface area (Å²) in [4.78, 5) is 24.2. The average Bonchev–Trinajstić information content (AvgIpc) is 2.94. The van der Waals surface area contributed by atoms with Crippen LogP contribution in [0.1, 0.15) is 24.4 Å². The minimum Gasteiger partial charge on any atom is -0.480 e. The van der Waals surface area contributed by atoms with Crippen molar-refractivity contribution in [2.75, 3.05) is 6.54 Å². The summed E-state index contributed by atoms with van der Waals surface area (Å²) in [6.07, 6.45) is 4.18. The summed E-state index contributed by atoms with van der Waals surface area (Å²) in [6, 6.07) is 2.87. The lowest BCUT2D eigenvalue weighted by atomic mass is 10.2. The Labute approximate surface area is 105 Å². The molecule has 1 aliphatic heterocycles. The largest absolute Gasteiger partial charge is 0.480 e.